The van der Waals surface area contributed by atoms with Gasteiger partial charge in [-0.2, -0.15) is 4.98 Å². The Bertz CT molecular complexity index is 2780. The van der Waals surface area contributed by atoms with Gasteiger partial charge in [0.25, 0.3) is 15.9 Å². The van der Waals surface area contributed by atoms with Gasteiger partial charge in [-0.05, 0) is 129 Å². The van der Waals surface area contributed by atoms with Crippen molar-refractivity contribution in [2.45, 2.75) is 93.8 Å². The van der Waals surface area contributed by atoms with Gasteiger partial charge in [-0.3, -0.25) is 14.5 Å². The molecule has 3 aliphatic heterocycles. The molecular weight excluding hydrogens is 890 g/mol. The number of likely N-dealkylation sites (N-methyl/N-ethyl adjacent to an activating group) is 1. The van der Waals surface area contributed by atoms with Gasteiger partial charge in [0.1, 0.15) is 40.8 Å². The lowest BCUT2D eigenvalue weighted by atomic mass is 9.60. The number of amides is 2. The van der Waals surface area contributed by atoms with E-state index in [0.29, 0.717) is 35.2 Å². The molecule has 2 aromatic carbocycles. The second-order valence-corrected chi connectivity index (χ2v) is 21.3. The number of nitrogens with zero attached hydrogens (tertiary/aromatic N) is 7. The van der Waals surface area contributed by atoms with Gasteiger partial charge in [0.2, 0.25) is 11.8 Å². The van der Waals surface area contributed by atoms with Gasteiger partial charge in [0.15, 0.2) is 5.69 Å². The summed E-state index contributed by atoms with van der Waals surface area (Å²) in [7, 11) is -1.03. The highest BCUT2D eigenvalue weighted by molar-refractivity contribution is 7.90. The smallest absolute Gasteiger partial charge is 0.270 e. The van der Waals surface area contributed by atoms with Gasteiger partial charge in [0.05, 0.1) is 17.6 Å². The summed E-state index contributed by atoms with van der Waals surface area (Å²) in [5.41, 5.74) is 1.53. The number of fused-ring (bicyclic) bond motifs is 1. The van der Waals surface area contributed by atoms with Crippen molar-refractivity contribution in [3.63, 3.8) is 0 Å². The first-order chi connectivity index (χ1) is 32.6. The van der Waals surface area contributed by atoms with Crippen LogP contribution in [-0.2, 0) is 14.8 Å². The number of rotatable bonds is 15. The summed E-state index contributed by atoms with van der Waals surface area (Å²) in [6.45, 7) is 7.43. The van der Waals surface area contributed by atoms with Gasteiger partial charge >= 0.3 is 0 Å². The number of anilines is 1. The van der Waals surface area contributed by atoms with Crippen LogP contribution in [0.4, 0.5) is 15.9 Å². The van der Waals surface area contributed by atoms with Gasteiger partial charge in [-0.15, -0.1) is 4.91 Å². The summed E-state index contributed by atoms with van der Waals surface area (Å²) in [4.78, 5) is 58.5. The number of sulfonamides is 1. The highest BCUT2D eigenvalue weighted by atomic mass is 32.2. The predicted molar refractivity (Wildman–Crippen MR) is 257 cm³/mol. The van der Waals surface area contributed by atoms with Crippen LogP contribution in [0.5, 0.6) is 17.4 Å². The third-order valence-electron chi connectivity index (χ3n) is 14.4. The highest BCUT2D eigenvalue weighted by Crippen LogP contribution is 2.54. The summed E-state index contributed by atoms with van der Waals surface area (Å²) >= 11 is 0. The van der Waals surface area contributed by atoms with E-state index in [0.717, 1.165) is 50.0 Å². The monoisotopic (exact) mass is 949 g/mol. The molecule has 5 aromatic rings. The van der Waals surface area contributed by atoms with Gasteiger partial charge in [-0.1, -0.05) is 38.1 Å². The van der Waals surface area contributed by atoms with Crippen LogP contribution in [0.2, 0.25) is 0 Å². The maximum Gasteiger partial charge on any atom is 0.270 e. The molecule has 360 valence electrons. The normalized spacial score (nSPS) is 19.7. The number of halogens is 1. The number of piperidine rings is 2. The average Bonchev–Trinajstić information content (AvgIpc) is 4.00. The fourth-order valence-electron chi connectivity index (χ4n) is 10.6. The van der Waals surface area contributed by atoms with Crippen LogP contribution in [0.25, 0.3) is 11.0 Å². The first-order valence-electron chi connectivity index (χ1n) is 23.6. The third-order valence-corrected chi connectivity index (χ3v) is 15.8. The molecule has 1 spiro atoms. The number of likely N-dealkylation sites (tertiary alicyclic amines) is 2. The molecule has 0 bridgehead atoms. The molecular formula is C50H60FN9O7S. The van der Waals surface area contributed by atoms with E-state index in [9.17, 15) is 22.9 Å². The Balaban J connectivity index is 0.869. The third kappa shape index (κ3) is 9.94. The van der Waals surface area contributed by atoms with Crippen LogP contribution in [0.1, 0.15) is 98.7 Å². The van der Waals surface area contributed by atoms with Crippen molar-refractivity contribution in [2.24, 2.45) is 10.6 Å². The number of carbonyl (C=O) groups is 2. The zero-order valence-electron chi connectivity index (χ0n) is 39.1. The summed E-state index contributed by atoms with van der Waals surface area (Å²) in [5.74, 6) is 0.0341. The Morgan fingerprint density at radius 2 is 1.75 bits per heavy atom. The molecule has 1 aliphatic carbocycles. The molecule has 16 nitrogen and oxygen atoms in total. The Hall–Kier alpha value is -5.98. The van der Waals surface area contributed by atoms with Crippen molar-refractivity contribution in [1.82, 2.24) is 34.4 Å². The second-order valence-electron chi connectivity index (χ2n) is 19.7. The number of pyridine rings is 2. The van der Waals surface area contributed by atoms with E-state index in [1.807, 2.05) is 6.07 Å². The van der Waals surface area contributed by atoms with Crippen molar-refractivity contribution in [2.75, 3.05) is 64.9 Å². The number of ether oxygens (including phenoxy) is 2. The number of benzene rings is 2. The lowest BCUT2D eigenvalue weighted by Crippen LogP contribution is -2.55. The number of alkyl halides is 1. The first kappa shape index (κ1) is 47.1. The van der Waals surface area contributed by atoms with E-state index in [2.05, 4.69) is 67.8 Å². The molecule has 1 saturated carbocycles. The number of aromatic amines is 1. The van der Waals surface area contributed by atoms with Crippen LogP contribution in [-0.4, -0.2) is 122 Å². The Morgan fingerprint density at radius 1 is 0.985 bits per heavy atom. The number of nitrogens with one attached hydrogen (secondary N) is 2. The van der Waals surface area contributed by atoms with Gasteiger partial charge < -0.3 is 29.2 Å². The molecule has 18 heteroatoms. The van der Waals surface area contributed by atoms with Gasteiger partial charge in [-0.25, -0.2) is 22.5 Å². The van der Waals surface area contributed by atoms with Crippen LogP contribution >= 0.6 is 0 Å². The maximum atomic E-state index is 15.8. The molecule has 0 radical (unpaired) electrons. The summed E-state index contributed by atoms with van der Waals surface area (Å²) in [6, 6.07) is 20.1. The molecule has 1 atom stereocenters. The number of nitroso groups, excluding NO2 is 1. The zero-order valence-corrected chi connectivity index (χ0v) is 39.9. The molecule has 3 aromatic heterocycles. The molecule has 9 rings (SSSR count). The SMILES string of the molecule is CC(C)c1ccccc1C1CCCN1C1CC2(CCN(c3ccc(C(=O)NS(=O)(=O)c4ccc(OCC5(F)CCN(C(=O)CN(C)C)CC5)c(N=O)c4)c(Oc4cnc5[nH]ccc5c4)n3)CC2)C1. The van der Waals surface area contributed by atoms with E-state index in [1.165, 1.54) is 55.1 Å². The van der Waals surface area contributed by atoms with E-state index in [4.69, 9.17) is 14.5 Å². The number of carbonyl (C=O) groups excluding carboxylic acids is 2. The maximum absolute atomic E-state index is 15.8. The lowest BCUT2D eigenvalue weighted by Gasteiger charge is -2.56. The van der Waals surface area contributed by atoms with Crippen LogP contribution < -0.4 is 19.1 Å². The van der Waals surface area contributed by atoms with Crippen LogP contribution in [0.15, 0.2) is 89.2 Å². The van der Waals surface area contributed by atoms with Crippen molar-refractivity contribution in [3.05, 3.63) is 101 Å². The molecule has 4 aliphatic rings. The molecule has 2 N–H and O–H groups in total. The van der Waals surface area contributed by atoms with Crippen molar-refractivity contribution in [3.8, 4) is 17.4 Å². The molecule has 3 saturated heterocycles. The Labute approximate surface area is 396 Å². The zero-order chi connectivity index (χ0) is 47.8. The van der Waals surface area contributed by atoms with Crippen LogP contribution in [0, 0.1) is 10.3 Å². The molecule has 6 heterocycles. The number of hydrogen-bond acceptors (Lipinski definition) is 13. The second kappa shape index (κ2) is 19.2. The molecule has 4 fully saturated rings. The predicted octanol–water partition coefficient (Wildman–Crippen LogP) is 8.25. The molecule has 68 heavy (non-hydrogen) atoms. The fraction of sp³-hybridized carbons (Fsp3) is 0.480. The lowest BCUT2D eigenvalue weighted by molar-refractivity contribution is -0.134. The Kier molecular flexibility index (Phi) is 13.3. The largest absolute Gasteiger partial charge is 0.488 e. The van der Waals surface area contributed by atoms with E-state index >= 15 is 4.39 Å². The van der Waals surface area contributed by atoms with Crippen LogP contribution in [0.3, 0.4) is 0 Å². The molecule has 2 amide bonds. The highest BCUT2D eigenvalue weighted by Gasteiger charge is 2.50. The minimum atomic E-state index is -4.60. The Morgan fingerprint density at radius 3 is 2.49 bits per heavy atom. The summed E-state index contributed by atoms with van der Waals surface area (Å²) in [6.07, 6.45) is 10.1. The quantitative estimate of drug-likeness (QED) is 0.0961. The van der Waals surface area contributed by atoms with E-state index in [1.54, 1.807) is 42.2 Å². The number of aromatic nitrogens is 3. The van der Waals surface area contributed by atoms with Gasteiger partial charge in [0, 0.05) is 62.7 Å². The minimum Gasteiger partial charge on any atom is -0.488 e. The van der Waals surface area contributed by atoms with Crippen molar-refractivity contribution >= 4 is 44.4 Å². The fourth-order valence-corrected chi connectivity index (χ4v) is 11.6. The van der Waals surface area contributed by atoms with E-state index < -0.39 is 38.8 Å². The average molecular weight is 950 g/mol. The van der Waals surface area contributed by atoms with Crippen molar-refractivity contribution < 1.29 is 31.9 Å². The standard InChI is InChI=1S/C50H60FN9O7S/c1-33(2)38-8-5-6-9-39(38)42-10-7-21-60(42)35-28-49(29-35)16-22-58(23-17-49)44-14-12-40(48(54-44)67-36-26-34-15-20-52-46(34)53-30-36)47(62)56-68(64,65)37-11-13-43(41(27-37)55-63)66-32-50(51)18-24-59(25-19-50)45(61)31-57(3)4/h5-6,8-9,11-15,20,26-27,30,33,35,42H,7,10,16-19,21-25,28-29,31-32H2,1-4H3,(H,52,53)(H,56,62). The topological polar surface area (TPSA) is 183 Å². The first-order valence-corrected chi connectivity index (χ1v) is 25.1. The number of H-pyrrole nitrogens is 1. The summed E-state index contributed by atoms with van der Waals surface area (Å²) < 4.78 is 57.3. The van der Waals surface area contributed by atoms with E-state index in [-0.39, 0.29) is 61.0 Å². The summed E-state index contributed by atoms with van der Waals surface area (Å²) in [5, 5.41) is 3.72. The molecule has 1 unspecified atom stereocenters. The van der Waals surface area contributed by atoms with Crippen molar-refractivity contribution in [1.29, 1.82) is 0 Å². The number of hydrogen-bond donors (Lipinski definition) is 2. The minimum absolute atomic E-state index is 0.0288.